The van der Waals surface area contributed by atoms with Gasteiger partial charge in [-0.3, -0.25) is 9.78 Å². The minimum absolute atomic E-state index is 0.249. The van der Waals surface area contributed by atoms with Crippen molar-refractivity contribution in [1.29, 1.82) is 0 Å². The van der Waals surface area contributed by atoms with E-state index in [1.807, 2.05) is 11.0 Å². The summed E-state index contributed by atoms with van der Waals surface area (Å²) < 4.78 is 16.1. The molecule has 1 aliphatic rings. The summed E-state index contributed by atoms with van der Waals surface area (Å²) in [6.45, 7) is 3.03. The predicted octanol–water partition coefficient (Wildman–Crippen LogP) is 2.73. The number of carboxylic acids is 1. The molecule has 28 heavy (non-hydrogen) atoms. The molecule has 2 heterocycles. The Hall–Kier alpha value is -3.03. The molecular weight excluding hydrogens is 364 g/mol. The highest BCUT2D eigenvalue weighted by molar-refractivity contribution is 6.07. The zero-order chi connectivity index (χ0) is 20.3. The second kappa shape index (κ2) is 8.33. The van der Waals surface area contributed by atoms with Crippen LogP contribution in [0.15, 0.2) is 18.3 Å². The fraction of sp³-hybridized carbons (Fsp3) is 0.450. The maximum atomic E-state index is 12.6. The van der Waals surface area contributed by atoms with Crippen LogP contribution in [0.25, 0.3) is 10.9 Å². The molecule has 0 bridgehead atoms. The molecule has 3 rings (SSSR count). The van der Waals surface area contributed by atoms with Gasteiger partial charge in [0.2, 0.25) is 0 Å². The van der Waals surface area contributed by atoms with Gasteiger partial charge >= 0.3 is 11.9 Å². The first-order valence-corrected chi connectivity index (χ1v) is 9.19. The minimum atomic E-state index is -0.784. The first kappa shape index (κ1) is 19.7. The maximum Gasteiger partial charge on any atom is 0.341 e. The number of rotatable bonds is 6. The standard InChI is InChI=1S/C20H24N2O6/c1-4-28-20(25)15-11-21-17-14(9-13(26-2)10-16(17)27-3)18(15)22-7-5-12(6-8-22)19(23)24/h9-12H,4-8H2,1-3H3,(H,23,24). The number of hydrogen-bond acceptors (Lipinski definition) is 7. The number of anilines is 1. The zero-order valence-electron chi connectivity index (χ0n) is 16.2. The van der Waals surface area contributed by atoms with Gasteiger partial charge in [0.05, 0.1) is 32.4 Å². The lowest BCUT2D eigenvalue weighted by atomic mass is 9.95. The number of carboxylic acid groups (broad SMARTS) is 1. The number of aromatic nitrogens is 1. The van der Waals surface area contributed by atoms with Crippen LogP contribution in [0.4, 0.5) is 5.69 Å². The van der Waals surface area contributed by atoms with Crippen molar-refractivity contribution < 1.29 is 28.9 Å². The highest BCUT2D eigenvalue weighted by atomic mass is 16.5. The van der Waals surface area contributed by atoms with Gasteiger partial charge in [-0.15, -0.1) is 0 Å². The lowest BCUT2D eigenvalue weighted by Crippen LogP contribution is -2.37. The molecule has 0 radical (unpaired) electrons. The molecule has 1 aromatic heterocycles. The van der Waals surface area contributed by atoms with E-state index < -0.39 is 11.9 Å². The number of methoxy groups -OCH3 is 2. The Labute approximate surface area is 163 Å². The lowest BCUT2D eigenvalue weighted by Gasteiger charge is -2.33. The summed E-state index contributed by atoms with van der Waals surface area (Å²) in [6, 6.07) is 3.55. The van der Waals surface area contributed by atoms with E-state index in [0.717, 1.165) is 0 Å². The van der Waals surface area contributed by atoms with Gasteiger partial charge in [0.1, 0.15) is 22.6 Å². The Kier molecular flexibility index (Phi) is 5.87. The molecule has 0 atom stereocenters. The molecule has 0 saturated carbocycles. The number of benzene rings is 1. The molecule has 8 heteroatoms. The molecule has 1 fully saturated rings. The Morgan fingerprint density at radius 3 is 2.50 bits per heavy atom. The number of nitrogens with zero attached hydrogens (tertiary/aromatic N) is 2. The molecule has 2 aromatic rings. The van der Waals surface area contributed by atoms with E-state index in [2.05, 4.69) is 4.98 Å². The van der Waals surface area contributed by atoms with E-state index in [0.29, 0.717) is 59.6 Å². The van der Waals surface area contributed by atoms with Gasteiger partial charge in [-0.25, -0.2) is 4.79 Å². The average Bonchev–Trinajstić information content (AvgIpc) is 2.72. The van der Waals surface area contributed by atoms with Crippen LogP contribution in [-0.4, -0.2) is 55.9 Å². The number of fused-ring (bicyclic) bond motifs is 1. The molecule has 8 nitrogen and oxygen atoms in total. The third-order valence-corrected chi connectivity index (χ3v) is 4.99. The second-order valence-electron chi connectivity index (χ2n) is 6.57. The lowest BCUT2D eigenvalue weighted by molar-refractivity contribution is -0.142. The van der Waals surface area contributed by atoms with Crippen molar-refractivity contribution in [3.8, 4) is 11.5 Å². The number of esters is 1. The van der Waals surface area contributed by atoms with Crippen molar-refractivity contribution in [2.24, 2.45) is 5.92 Å². The summed E-state index contributed by atoms with van der Waals surface area (Å²) in [5.41, 5.74) is 1.62. The number of hydrogen-bond donors (Lipinski definition) is 1. The average molecular weight is 388 g/mol. The summed E-state index contributed by atoms with van der Waals surface area (Å²) >= 11 is 0. The summed E-state index contributed by atoms with van der Waals surface area (Å²) in [5, 5.41) is 9.98. The largest absolute Gasteiger partial charge is 0.497 e. The molecular formula is C20H24N2O6. The maximum absolute atomic E-state index is 12.6. The number of pyridine rings is 1. The van der Waals surface area contributed by atoms with Crippen LogP contribution in [0.5, 0.6) is 11.5 Å². The van der Waals surface area contributed by atoms with Crippen molar-refractivity contribution in [3.63, 3.8) is 0 Å². The number of ether oxygens (including phenoxy) is 3. The van der Waals surface area contributed by atoms with Gasteiger partial charge in [0.25, 0.3) is 0 Å². The van der Waals surface area contributed by atoms with Crippen LogP contribution in [0.1, 0.15) is 30.1 Å². The first-order valence-electron chi connectivity index (χ1n) is 9.19. The van der Waals surface area contributed by atoms with E-state index in [-0.39, 0.29) is 12.5 Å². The van der Waals surface area contributed by atoms with Crippen molar-refractivity contribution in [2.75, 3.05) is 38.8 Å². The van der Waals surface area contributed by atoms with Crippen LogP contribution in [0.3, 0.4) is 0 Å². The number of carbonyl (C=O) groups is 2. The summed E-state index contributed by atoms with van der Waals surface area (Å²) in [5.74, 6) is -0.512. The fourth-order valence-electron chi connectivity index (χ4n) is 3.55. The van der Waals surface area contributed by atoms with Crippen LogP contribution in [-0.2, 0) is 9.53 Å². The van der Waals surface area contributed by atoms with E-state index in [1.165, 1.54) is 6.20 Å². The topological polar surface area (TPSA) is 98.2 Å². The summed E-state index contributed by atoms with van der Waals surface area (Å²) in [6.07, 6.45) is 2.50. The normalized spacial score (nSPS) is 14.8. The third-order valence-electron chi connectivity index (χ3n) is 4.99. The molecule has 0 aliphatic carbocycles. The number of carbonyl (C=O) groups excluding carboxylic acids is 1. The smallest absolute Gasteiger partial charge is 0.341 e. The zero-order valence-corrected chi connectivity index (χ0v) is 16.2. The summed E-state index contributed by atoms with van der Waals surface area (Å²) in [4.78, 5) is 30.3. The van der Waals surface area contributed by atoms with Gasteiger partial charge in [-0.1, -0.05) is 0 Å². The molecule has 0 amide bonds. The van der Waals surface area contributed by atoms with Gasteiger partial charge < -0.3 is 24.2 Å². The molecule has 1 aromatic carbocycles. The van der Waals surface area contributed by atoms with Gasteiger partial charge in [0.15, 0.2) is 0 Å². The first-order chi connectivity index (χ1) is 13.5. The Morgan fingerprint density at radius 2 is 1.93 bits per heavy atom. The summed E-state index contributed by atoms with van der Waals surface area (Å²) in [7, 11) is 3.11. The molecule has 0 spiro atoms. The van der Waals surface area contributed by atoms with Crippen molar-refractivity contribution >= 4 is 28.5 Å². The van der Waals surface area contributed by atoms with Crippen molar-refractivity contribution in [3.05, 3.63) is 23.9 Å². The molecule has 1 saturated heterocycles. The van der Waals surface area contributed by atoms with Crippen LogP contribution in [0, 0.1) is 5.92 Å². The minimum Gasteiger partial charge on any atom is -0.497 e. The van der Waals surface area contributed by atoms with E-state index in [9.17, 15) is 14.7 Å². The number of aliphatic carboxylic acids is 1. The monoisotopic (exact) mass is 388 g/mol. The molecule has 150 valence electrons. The van der Waals surface area contributed by atoms with Crippen molar-refractivity contribution in [1.82, 2.24) is 4.98 Å². The molecule has 1 N–H and O–H groups in total. The van der Waals surface area contributed by atoms with E-state index >= 15 is 0 Å². The Bertz CT molecular complexity index is 890. The quantitative estimate of drug-likeness (QED) is 0.755. The highest BCUT2D eigenvalue weighted by Gasteiger charge is 2.29. The predicted molar refractivity (Wildman–Crippen MR) is 103 cm³/mol. The van der Waals surface area contributed by atoms with Gasteiger partial charge in [-0.2, -0.15) is 0 Å². The van der Waals surface area contributed by atoms with Gasteiger partial charge in [-0.05, 0) is 25.8 Å². The fourth-order valence-corrected chi connectivity index (χ4v) is 3.55. The van der Waals surface area contributed by atoms with E-state index in [4.69, 9.17) is 14.2 Å². The van der Waals surface area contributed by atoms with Crippen LogP contribution < -0.4 is 14.4 Å². The SMILES string of the molecule is CCOC(=O)c1cnc2c(OC)cc(OC)cc2c1N1CCC(C(=O)O)CC1. The molecule has 1 aliphatic heterocycles. The highest BCUT2D eigenvalue weighted by Crippen LogP contribution is 2.39. The van der Waals surface area contributed by atoms with Crippen LogP contribution in [0.2, 0.25) is 0 Å². The molecule has 0 unspecified atom stereocenters. The van der Waals surface area contributed by atoms with Crippen molar-refractivity contribution in [2.45, 2.75) is 19.8 Å². The second-order valence-corrected chi connectivity index (χ2v) is 6.57. The third kappa shape index (κ3) is 3.67. The Morgan fingerprint density at radius 1 is 1.21 bits per heavy atom. The Balaban J connectivity index is 2.16. The van der Waals surface area contributed by atoms with Crippen LogP contribution >= 0.6 is 0 Å². The number of piperidine rings is 1. The van der Waals surface area contributed by atoms with Gasteiger partial charge in [0, 0.05) is 30.7 Å². The van der Waals surface area contributed by atoms with E-state index in [1.54, 1.807) is 27.2 Å².